The second kappa shape index (κ2) is 9.92. The molecule has 31 heavy (non-hydrogen) atoms. The van der Waals surface area contributed by atoms with Crippen molar-refractivity contribution in [2.75, 3.05) is 26.5 Å². The zero-order valence-corrected chi connectivity index (χ0v) is 19.3. The van der Waals surface area contributed by atoms with Crippen molar-refractivity contribution in [1.29, 1.82) is 0 Å². The highest BCUT2D eigenvalue weighted by molar-refractivity contribution is 7.98. The average Bonchev–Trinajstić information content (AvgIpc) is 2.75. The van der Waals surface area contributed by atoms with E-state index in [1.54, 1.807) is 25.7 Å². The molecule has 2 aromatic carbocycles. The van der Waals surface area contributed by atoms with Gasteiger partial charge in [0.2, 0.25) is 0 Å². The summed E-state index contributed by atoms with van der Waals surface area (Å²) in [5, 5.41) is 2.95. The number of rotatable bonds is 7. The van der Waals surface area contributed by atoms with E-state index in [-0.39, 0.29) is 19.2 Å². The number of hydrogen-bond donors (Lipinski definition) is 1. The summed E-state index contributed by atoms with van der Waals surface area (Å²) in [7, 11) is 1.63. The van der Waals surface area contributed by atoms with Crippen molar-refractivity contribution in [3.63, 3.8) is 0 Å². The van der Waals surface area contributed by atoms with Crippen LogP contribution in [-0.4, -0.2) is 43.4 Å². The number of nitrogens with one attached hydrogen (secondary N) is 1. The molecule has 7 heteroatoms. The van der Waals surface area contributed by atoms with Crippen LogP contribution in [0, 0.1) is 13.8 Å². The number of nitrogens with zero attached hydrogens (tertiary/aromatic N) is 1. The first-order chi connectivity index (χ1) is 14.8. The Hall–Kier alpha value is -2.93. The summed E-state index contributed by atoms with van der Waals surface area (Å²) in [6.45, 7) is 6.05. The molecule has 0 bridgehead atoms. The predicted molar refractivity (Wildman–Crippen MR) is 122 cm³/mol. The molecule has 0 saturated heterocycles. The molecule has 1 atom stereocenters. The number of carbonyl (C=O) groups is 2. The molecule has 0 saturated carbocycles. The van der Waals surface area contributed by atoms with Crippen LogP contribution in [-0.2, 0) is 9.53 Å². The van der Waals surface area contributed by atoms with E-state index in [1.165, 1.54) is 4.90 Å². The molecular formula is C24H28N2O4S. The van der Waals surface area contributed by atoms with Crippen LogP contribution in [0.1, 0.15) is 29.7 Å². The fourth-order valence-electron chi connectivity index (χ4n) is 3.59. The molecule has 1 N–H and O–H groups in total. The van der Waals surface area contributed by atoms with Crippen LogP contribution in [0.25, 0.3) is 0 Å². The zero-order valence-electron chi connectivity index (χ0n) is 18.5. The molecule has 0 aromatic heterocycles. The molecule has 3 rings (SSSR count). The lowest BCUT2D eigenvalue weighted by Crippen LogP contribution is -2.48. The van der Waals surface area contributed by atoms with Gasteiger partial charge in [0.05, 0.1) is 23.9 Å². The number of thioether (sulfide) groups is 1. The summed E-state index contributed by atoms with van der Waals surface area (Å²) in [4.78, 5) is 28.3. The van der Waals surface area contributed by atoms with Gasteiger partial charge in [0, 0.05) is 11.9 Å². The van der Waals surface area contributed by atoms with Crippen molar-refractivity contribution in [3.8, 4) is 5.75 Å². The molecular weight excluding hydrogens is 412 g/mol. The van der Waals surface area contributed by atoms with Crippen molar-refractivity contribution < 1.29 is 19.1 Å². The van der Waals surface area contributed by atoms with Gasteiger partial charge in [0.25, 0.3) is 0 Å². The molecule has 1 unspecified atom stereocenters. The first-order valence-corrected chi connectivity index (χ1v) is 11.4. The number of carbonyl (C=O) groups excluding carboxylic acids is 2. The second-order valence-corrected chi connectivity index (χ2v) is 8.23. The van der Waals surface area contributed by atoms with E-state index >= 15 is 0 Å². The summed E-state index contributed by atoms with van der Waals surface area (Å²) in [5.74, 6) is 0.201. The highest BCUT2D eigenvalue weighted by Gasteiger charge is 2.37. The van der Waals surface area contributed by atoms with Crippen molar-refractivity contribution in [1.82, 2.24) is 10.2 Å². The highest BCUT2D eigenvalue weighted by atomic mass is 32.2. The second-order valence-electron chi connectivity index (χ2n) is 7.35. The van der Waals surface area contributed by atoms with E-state index in [1.807, 2.05) is 62.6 Å². The van der Waals surface area contributed by atoms with Gasteiger partial charge in [-0.2, -0.15) is 0 Å². The van der Waals surface area contributed by atoms with E-state index in [9.17, 15) is 9.59 Å². The Morgan fingerprint density at radius 1 is 1.16 bits per heavy atom. The molecule has 1 heterocycles. The van der Waals surface area contributed by atoms with Gasteiger partial charge in [0.15, 0.2) is 0 Å². The van der Waals surface area contributed by atoms with Crippen molar-refractivity contribution in [2.24, 2.45) is 0 Å². The van der Waals surface area contributed by atoms with Gasteiger partial charge < -0.3 is 14.8 Å². The molecule has 164 valence electrons. The Morgan fingerprint density at radius 2 is 1.87 bits per heavy atom. The smallest absolute Gasteiger partial charge is 0.338 e. The Balaban J connectivity index is 2.02. The monoisotopic (exact) mass is 440 g/mol. The molecule has 6 nitrogen and oxygen atoms in total. The molecule has 0 radical (unpaired) electrons. The number of ether oxygens (including phenoxy) is 2. The minimum absolute atomic E-state index is 0.0676. The Kier molecular flexibility index (Phi) is 7.28. The fraction of sp³-hybridized carbons (Fsp3) is 0.333. The largest absolute Gasteiger partial charge is 0.487 e. The minimum Gasteiger partial charge on any atom is -0.487 e. The van der Waals surface area contributed by atoms with E-state index in [4.69, 9.17) is 9.47 Å². The first-order valence-electron chi connectivity index (χ1n) is 10.1. The number of amides is 2. The molecule has 2 aromatic rings. The van der Waals surface area contributed by atoms with E-state index in [2.05, 4.69) is 5.32 Å². The average molecular weight is 441 g/mol. The maximum Gasteiger partial charge on any atom is 0.338 e. The lowest BCUT2D eigenvalue weighted by atomic mass is 9.91. The highest BCUT2D eigenvalue weighted by Crippen LogP contribution is 2.33. The van der Waals surface area contributed by atoms with Gasteiger partial charge in [-0.1, -0.05) is 23.8 Å². The summed E-state index contributed by atoms with van der Waals surface area (Å²) in [6.07, 6.45) is 2.01. The van der Waals surface area contributed by atoms with Crippen molar-refractivity contribution in [2.45, 2.75) is 31.7 Å². The van der Waals surface area contributed by atoms with E-state index in [0.29, 0.717) is 17.0 Å². The van der Waals surface area contributed by atoms with Gasteiger partial charge in [-0.25, -0.2) is 9.59 Å². The van der Waals surface area contributed by atoms with Gasteiger partial charge in [-0.05, 0) is 62.4 Å². The molecule has 1 aliphatic rings. The molecule has 0 aliphatic carbocycles. The maximum absolute atomic E-state index is 13.0. The predicted octanol–water partition coefficient (Wildman–Crippen LogP) is 4.62. The Morgan fingerprint density at radius 3 is 2.48 bits per heavy atom. The Bertz CT molecular complexity index is 1000. The SMILES string of the molecule is CCOC(=O)C1=C(COc2ccc(SC)cc2)N(C)C(=O)NC1c1ccc(C)cc1C. The summed E-state index contributed by atoms with van der Waals surface area (Å²) >= 11 is 1.65. The van der Waals surface area contributed by atoms with Crippen molar-refractivity contribution >= 4 is 23.8 Å². The van der Waals surface area contributed by atoms with Crippen LogP contribution in [0.15, 0.2) is 58.6 Å². The van der Waals surface area contributed by atoms with Gasteiger partial charge >= 0.3 is 12.0 Å². The van der Waals surface area contributed by atoms with E-state index < -0.39 is 12.0 Å². The van der Waals surface area contributed by atoms with E-state index in [0.717, 1.165) is 21.6 Å². The summed E-state index contributed by atoms with van der Waals surface area (Å²) in [6, 6.07) is 12.7. The third-order valence-electron chi connectivity index (χ3n) is 5.24. The van der Waals surface area contributed by atoms with Gasteiger partial charge in [-0.3, -0.25) is 4.90 Å². The summed E-state index contributed by atoms with van der Waals surface area (Å²) < 4.78 is 11.3. The normalized spacial score (nSPS) is 16.2. The maximum atomic E-state index is 13.0. The molecule has 1 aliphatic heterocycles. The molecule has 0 fully saturated rings. The lowest BCUT2D eigenvalue weighted by Gasteiger charge is -2.35. The third kappa shape index (κ3) is 5.05. The van der Waals surface area contributed by atoms with Crippen molar-refractivity contribution in [3.05, 3.63) is 70.4 Å². The van der Waals surface area contributed by atoms with Crippen LogP contribution in [0.3, 0.4) is 0 Å². The number of hydrogen-bond acceptors (Lipinski definition) is 5. The zero-order chi connectivity index (χ0) is 22.5. The van der Waals surface area contributed by atoms with Crippen LogP contribution in [0.4, 0.5) is 4.79 Å². The fourth-order valence-corrected chi connectivity index (χ4v) is 4.00. The third-order valence-corrected chi connectivity index (χ3v) is 5.99. The van der Waals surface area contributed by atoms with Crippen LogP contribution >= 0.6 is 11.8 Å². The van der Waals surface area contributed by atoms with Gasteiger partial charge in [0.1, 0.15) is 12.4 Å². The minimum atomic E-state index is -0.610. The Labute approximate surface area is 187 Å². The quantitative estimate of drug-likeness (QED) is 0.503. The number of benzene rings is 2. The molecule has 0 spiro atoms. The van der Waals surface area contributed by atoms with Crippen LogP contribution in [0.5, 0.6) is 5.75 Å². The van der Waals surface area contributed by atoms with Gasteiger partial charge in [-0.15, -0.1) is 11.8 Å². The number of esters is 1. The topological polar surface area (TPSA) is 67.9 Å². The van der Waals surface area contributed by atoms with Crippen LogP contribution in [0.2, 0.25) is 0 Å². The summed E-state index contributed by atoms with van der Waals surface area (Å²) in [5.41, 5.74) is 3.83. The lowest BCUT2D eigenvalue weighted by molar-refractivity contribution is -0.139. The first kappa shape index (κ1) is 22.7. The number of aryl methyl sites for hydroxylation is 2. The number of likely N-dealkylation sites (N-methyl/N-ethyl adjacent to an activating group) is 1. The number of urea groups is 1. The standard InChI is InChI=1S/C24H28N2O4S/c1-6-29-23(27)21-20(14-30-17-8-10-18(31-5)11-9-17)26(4)24(28)25-22(21)19-12-7-15(2)13-16(19)3/h7-13,22H,6,14H2,1-5H3,(H,25,28). The van der Waals surface area contributed by atoms with Crippen LogP contribution < -0.4 is 10.1 Å². The molecule has 2 amide bonds.